The molecule has 2 atom stereocenters. The highest BCUT2D eigenvalue weighted by atomic mass is 33.1. The summed E-state index contributed by atoms with van der Waals surface area (Å²) in [6.45, 7) is 1.45. The molecule has 1 amide bonds. The van der Waals surface area contributed by atoms with Crippen molar-refractivity contribution in [1.29, 1.82) is 0 Å². The van der Waals surface area contributed by atoms with Crippen molar-refractivity contribution in [3.05, 3.63) is 0 Å². The van der Waals surface area contributed by atoms with Crippen molar-refractivity contribution in [2.75, 3.05) is 11.5 Å². The highest BCUT2D eigenvalue weighted by molar-refractivity contribution is 8.76. The van der Waals surface area contributed by atoms with Gasteiger partial charge in [0.1, 0.15) is 5.78 Å². The Morgan fingerprint density at radius 3 is 1.93 bits per heavy atom. The number of nitrogens with two attached hydrogens (primary N) is 3. The monoisotopic (exact) mass is 237 g/mol. The minimum absolute atomic E-state index is 0.0442. The molecule has 0 spiro atoms. The van der Waals surface area contributed by atoms with Crippen LogP contribution in [0, 0.1) is 0 Å². The topological polar surface area (TPSA) is 112 Å². The summed E-state index contributed by atoms with van der Waals surface area (Å²) >= 11 is 0. The van der Waals surface area contributed by atoms with Crippen LogP contribution in [-0.2, 0) is 9.59 Å². The molecular formula is C7H15N3O2S2. The maximum absolute atomic E-state index is 10.7. The molecule has 0 radical (unpaired) electrons. The van der Waals surface area contributed by atoms with Crippen LogP contribution in [0.3, 0.4) is 0 Å². The molecule has 7 heteroatoms. The van der Waals surface area contributed by atoms with Gasteiger partial charge in [0.05, 0.1) is 12.1 Å². The quantitative estimate of drug-likeness (QED) is 0.390. The van der Waals surface area contributed by atoms with Gasteiger partial charge in [-0.2, -0.15) is 0 Å². The Morgan fingerprint density at radius 1 is 1.14 bits per heavy atom. The summed E-state index contributed by atoms with van der Waals surface area (Å²) in [6.07, 6.45) is 0. The van der Waals surface area contributed by atoms with Crippen LogP contribution in [-0.4, -0.2) is 35.3 Å². The second-order valence-corrected chi connectivity index (χ2v) is 5.35. The fourth-order valence-corrected chi connectivity index (χ4v) is 2.78. The summed E-state index contributed by atoms with van der Waals surface area (Å²) in [5.41, 5.74) is 15.8. The van der Waals surface area contributed by atoms with Crippen LogP contribution in [0.4, 0.5) is 0 Å². The molecule has 0 aliphatic rings. The molecule has 0 bridgehead atoms. The number of Topliss-reactive ketones (excluding diaryl/α,β-unsaturated/α-hetero) is 1. The number of rotatable bonds is 7. The van der Waals surface area contributed by atoms with Crippen LogP contribution in [0.1, 0.15) is 6.92 Å². The highest BCUT2D eigenvalue weighted by Gasteiger charge is 2.11. The van der Waals surface area contributed by atoms with Crippen molar-refractivity contribution in [1.82, 2.24) is 0 Å². The van der Waals surface area contributed by atoms with Gasteiger partial charge in [0.25, 0.3) is 0 Å². The van der Waals surface area contributed by atoms with E-state index in [0.29, 0.717) is 11.5 Å². The minimum atomic E-state index is -0.638. The molecule has 14 heavy (non-hydrogen) atoms. The molecule has 0 fully saturated rings. The minimum Gasteiger partial charge on any atom is -0.368 e. The molecule has 0 aliphatic carbocycles. The Morgan fingerprint density at radius 2 is 1.57 bits per heavy atom. The molecule has 0 saturated heterocycles. The summed E-state index contributed by atoms with van der Waals surface area (Å²) in [6, 6.07) is -1.08. The number of carbonyl (C=O) groups excluding carboxylic acids is 2. The second kappa shape index (κ2) is 7.10. The Bertz CT molecular complexity index is 191. The molecule has 0 aromatic heterocycles. The maximum Gasteiger partial charge on any atom is 0.235 e. The van der Waals surface area contributed by atoms with Gasteiger partial charge < -0.3 is 17.2 Å². The van der Waals surface area contributed by atoms with E-state index in [9.17, 15) is 9.59 Å². The first-order chi connectivity index (χ1) is 6.45. The Kier molecular flexibility index (Phi) is 6.98. The molecule has 0 saturated carbocycles. The van der Waals surface area contributed by atoms with Gasteiger partial charge in [0.15, 0.2) is 0 Å². The van der Waals surface area contributed by atoms with E-state index in [1.165, 1.54) is 28.5 Å². The van der Waals surface area contributed by atoms with E-state index in [1.807, 2.05) is 0 Å². The van der Waals surface area contributed by atoms with E-state index < -0.39 is 18.0 Å². The lowest BCUT2D eigenvalue weighted by molar-refractivity contribution is -0.119. The predicted molar refractivity (Wildman–Crippen MR) is 60.7 cm³/mol. The smallest absolute Gasteiger partial charge is 0.235 e. The maximum atomic E-state index is 10.7. The van der Waals surface area contributed by atoms with Crippen LogP contribution in [0.5, 0.6) is 0 Å². The Balaban J connectivity index is 3.47. The zero-order chi connectivity index (χ0) is 11.1. The summed E-state index contributed by atoms with van der Waals surface area (Å²) < 4.78 is 0. The van der Waals surface area contributed by atoms with Gasteiger partial charge in [-0.25, -0.2) is 0 Å². The van der Waals surface area contributed by atoms with Gasteiger partial charge >= 0.3 is 0 Å². The highest BCUT2D eigenvalue weighted by Crippen LogP contribution is 2.22. The average Bonchev–Trinajstić information content (AvgIpc) is 2.11. The molecule has 0 heterocycles. The van der Waals surface area contributed by atoms with E-state index in [0.717, 1.165) is 0 Å². The first-order valence-electron chi connectivity index (χ1n) is 4.00. The first kappa shape index (κ1) is 13.8. The predicted octanol–water partition coefficient (Wildman–Crippen LogP) is -0.903. The third-order valence-corrected chi connectivity index (χ3v) is 3.94. The van der Waals surface area contributed by atoms with Crippen LogP contribution in [0.15, 0.2) is 0 Å². The SMILES string of the molecule is CC(=O)[C@@H](N)CSSC[C@H](N)C(N)=O. The van der Waals surface area contributed by atoms with Gasteiger partial charge in [-0.15, -0.1) is 0 Å². The molecule has 6 N–H and O–H groups in total. The van der Waals surface area contributed by atoms with Crippen LogP contribution < -0.4 is 17.2 Å². The number of hydrogen-bond acceptors (Lipinski definition) is 6. The van der Waals surface area contributed by atoms with Gasteiger partial charge in [-0.1, -0.05) is 21.6 Å². The van der Waals surface area contributed by atoms with Crippen LogP contribution in [0.2, 0.25) is 0 Å². The largest absolute Gasteiger partial charge is 0.368 e. The number of carbonyl (C=O) groups is 2. The lowest BCUT2D eigenvalue weighted by Crippen LogP contribution is -2.38. The van der Waals surface area contributed by atoms with Gasteiger partial charge in [-0.05, 0) is 6.92 Å². The van der Waals surface area contributed by atoms with E-state index in [-0.39, 0.29) is 5.78 Å². The van der Waals surface area contributed by atoms with E-state index >= 15 is 0 Å². The van der Waals surface area contributed by atoms with Gasteiger partial charge in [0.2, 0.25) is 5.91 Å². The van der Waals surface area contributed by atoms with E-state index in [4.69, 9.17) is 17.2 Å². The van der Waals surface area contributed by atoms with E-state index in [1.54, 1.807) is 0 Å². The number of hydrogen-bond donors (Lipinski definition) is 3. The van der Waals surface area contributed by atoms with Crippen molar-refractivity contribution < 1.29 is 9.59 Å². The molecule has 0 aromatic carbocycles. The van der Waals surface area contributed by atoms with E-state index in [2.05, 4.69) is 0 Å². The third kappa shape index (κ3) is 6.25. The summed E-state index contributed by atoms with van der Waals surface area (Å²) in [5.74, 6) is 0.391. The van der Waals surface area contributed by atoms with Crippen molar-refractivity contribution >= 4 is 33.3 Å². The van der Waals surface area contributed by atoms with Crippen molar-refractivity contribution in [3.63, 3.8) is 0 Å². The third-order valence-electron chi connectivity index (χ3n) is 1.47. The molecular weight excluding hydrogens is 222 g/mol. The zero-order valence-corrected chi connectivity index (χ0v) is 9.57. The van der Waals surface area contributed by atoms with Gasteiger partial charge in [-0.3, -0.25) is 9.59 Å². The molecule has 0 aromatic rings. The van der Waals surface area contributed by atoms with Crippen molar-refractivity contribution in [2.24, 2.45) is 17.2 Å². The molecule has 0 rings (SSSR count). The number of amides is 1. The number of primary amides is 1. The fourth-order valence-electron chi connectivity index (χ4n) is 0.442. The van der Waals surface area contributed by atoms with Crippen molar-refractivity contribution in [3.8, 4) is 0 Å². The summed E-state index contributed by atoms with van der Waals surface area (Å²) in [5, 5.41) is 0. The van der Waals surface area contributed by atoms with Crippen molar-refractivity contribution in [2.45, 2.75) is 19.0 Å². The van der Waals surface area contributed by atoms with Crippen LogP contribution >= 0.6 is 21.6 Å². The Labute approximate surface area is 90.9 Å². The molecule has 82 valence electrons. The summed E-state index contributed by atoms with van der Waals surface area (Å²) in [7, 11) is 2.81. The molecule has 0 unspecified atom stereocenters. The fraction of sp³-hybridized carbons (Fsp3) is 0.714. The number of ketones is 1. The molecule has 5 nitrogen and oxygen atoms in total. The normalized spacial score (nSPS) is 14.8. The summed E-state index contributed by atoms with van der Waals surface area (Å²) in [4.78, 5) is 21.3. The zero-order valence-electron chi connectivity index (χ0n) is 7.93. The van der Waals surface area contributed by atoms with Gasteiger partial charge in [0, 0.05) is 11.5 Å². The second-order valence-electron chi connectivity index (χ2n) is 2.80. The average molecular weight is 237 g/mol. The molecule has 0 aliphatic heterocycles. The Hall–Kier alpha value is -0.240. The lowest BCUT2D eigenvalue weighted by atomic mass is 10.3. The first-order valence-corrected chi connectivity index (χ1v) is 6.49. The standard InChI is InChI=1S/C7H15N3O2S2/c1-4(11)5(8)2-13-14-3-6(9)7(10)12/h5-6H,2-3,8-9H2,1H3,(H2,10,12)/t5-,6-/m0/s1. The lowest BCUT2D eigenvalue weighted by Gasteiger charge is -2.08. The van der Waals surface area contributed by atoms with Crippen LogP contribution in [0.25, 0.3) is 0 Å².